The lowest BCUT2D eigenvalue weighted by Gasteiger charge is -2.30. The van der Waals surface area contributed by atoms with Gasteiger partial charge in [0.2, 0.25) is 5.82 Å². The average molecular weight is 268 g/mol. The summed E-state index contributed by atoms with van der Waals surface area (Å²) in [7, 11) is 2.06. The van der Waals surface area contributed by atoms with Gasteiger partial charge >= 0.3 is 5.97 Å². The number of carbonyl (C=O) groups is 1. The lowest BCUT2D eigenvalue weighted by molar-refractivity contribution is -0.0282. The van der Waals surface area contributed by atoms with E-state index in [1.807, 2.05) is 6.92 Å². The first-order chi connectivity index (χ1) is 9.11. The summed E-state index contributed by atoms with van der Waals surface area (Å²) < 4.78 is 12.4. The number of nitrogens with zero attached hydrogens (tertiary/aromatic N) is 4. The van der Waals surface area contributed by atoms with E-state index in [0.717, 1.165) is 13.1 Å². The molecule has 19 heavy (non-hydrogen) atoms. The van der Waals surface area contributed by atoms with Crippen molar-refractivity contribution in [1.82, 2.24) is 19.7 Å². The van der Waals surface area contributed by atoms with Crippen LogP contribution in [0.2, 0.25) is 0 Å². The van der Waals surface area contributed by atoms with Crippen LogP contribution in [0.1, 0.15) is 23.4 Å². The molecule has 106 valence electrons. The molecule has 1 unspecified atom stereocenters. The number of aromatic nitrogens is 3. The molecular formula is C12H20N4O3. The van der Waals surface area contributed by atoms with Gasteiger partial charge in [-0.05, 0) is 20.9 Å². The molecular weight excluding hydrogens is 248 g/mol. The zero-order valence-electron chi connectivity index (χ0n) is 11.6. The maximum atomic E-state index is 11.8. The summed E-state index contributed by atoms with van der Waals surface area (Å²) in [6.45, 7) is 6.96. The van der Waals surface area contributed by atoms with Crippen LogP contribution < -0.4 is 0 Å². The summed E-state index contributed by atoms with van der Waals surface area (Å²) >= 11 is 0. The van der Waals surface area contributed by atoms with Crippen LogP contribution in [-0.2, 0) is 16.0 Å². The molecule has 2 heterocycles. The summed E-state index contributed by atoms with van der Waals surface area (Å²) in [5, 5.41) is 7.84. The van der Waals surface area contributed by atoms with Gasteiger partial charge in [0.25, 0.3) is 0 Å². The second-order valence-electron chi connectivity index (χ2n) is 4.66. The highest BCUT2D eigenvalue weighted by molar-refractivity contribution is 5.85. The van der Waals surface area contributed by atoms with E-state index in [2.05, 4.69) is 22.1 Å². The Morgan fingerprint density at radius 2 is 2.32 bits per heavy atom. The van der Waals surface area contributed by atoms with E-state index >= 15 is 0 Å². The molecule has 1 saturated heterocycles. The zero-order chi connectivity index (χ0) is 13.8. The Morgan fingerprint density at radius 1 is 1.53 bits per heavy atom. The van der Waals surface area contributed by atoms with Crippen molar-refractivity contribution in [3.63, 3.8) is 0 Å². The maximum Gasteiger partial charge on any atom is 0.376 e. The van der Waals surface area contributed by atoms with Gasteiger partial charge in [0.15, 0.2) is 0 Å². The number of esters is 1. The Labute approximate surface area is 112 Å². The molecule has 0 saturated carbocycles. The summed E-state index contributed by atoms with van der Waals surface area (Å²) in [4.78, 5) is 14.0. The molecule has 0 N–H and O–H groups in total. The molecule has 1 aliphatic heterocycles. The van der Waals surface area contributed by atoms with Crippen LogP contribution in [0.3, 0.4) is 0 Å². The highest BCUT2D eigenvalue weighted by atomic mass is 16.5. The SMILES string of the molecule is CCOC(=O)c1nnc(C)n1CC1CN(C)CCO1. The van der Waals surface area contributed by atoms with Crippen LogP contribution in [0.4, 0.5) is 0 Å². The van der Waals surface area contributed by atoms with Crippen LogP contribution in [0.5, 0.6) is 0 Å². The van der Waals surface area contributed by atoms with Crippen LogP contribution in [-0.4, -0.2) is 65.1 Å². The molecule has 1 aromatic rings. The third-order valence-electron chi connectivity index (χ3n) is 3.12. The Morgan fingerprint density at radius 3 is 3.00 bits per heavy atom. The van der Waals surface area contributed by atoms with Crippen molar-refractivity contribution >= 4 is 5.97 Å². The fourth-order valence-electron chi connectivity index (χ4n) is 2.13. The number of morpholine rings is 1. The first-order valence-electron chi connectivity index (χ1n) is 6.49. The predicted octanol–water partition coefficient (Wildman–Crippen LogP) is 0.0938. The molecule has 1 atom stereocenters. The molecule has 2 rings (SSSR count). The third-order valence-corrected chi connectivity index (χ3v) is 3.12. The van der Waals surface area contributed by atoms with Crippen molar-refractivity contribution in [1.29, 1.82) is 0 Å². The largest absolute Gasteiger partial charge is 0.460 e. The molecule has 0 aliphatic carbocycles. The van der Waals surface area contributed by atoms with Crippen LogP contribution >= 0.6 is 0 Å². The lowest BCUT2D eigenvalue weighted by atomic mass is 10.2. The van der Waals surface area contributed by atoms with Crippen LogP contribution in [0, 0.1) is 6.92 Å². The van der Waals surface area contributed by atoms with Gasteiger partial charge in [-0.15, -0.1) is 10.2 Å². The molecule has 1 aliphatic rings. The summed E-state index contributed by atoms with van der Waals surface area (Å²) in [6.07, 6.45) is 0.0432. The van der Waals surface area contributed by atoms with Gasteiger partial charge in [0.05, 0.1) is 25.9 Å². The maximum absolute atomic E-state index is 11.8. The van der Waals surface area contributed by atoms with Gasteiger partial charge < -0.3 is 18.9 Å². The van der Waals surface area contributed by atoms with Crippen molar-refractivity contribution in [2.45, 2.75) is 26.5 Å². The molecule has 0 amide bonds. The van der Waals surface area contributed by atoms with Crippen molar-refractivity contribution < 1.29 is 14.3 Å². The summed E-state index contributed by atoms with van der Waals surface area (Å²) in [6, 6.07) is 0. The number of carbonyl (C=O) groups excluding carboxylic acids is 1. The Balaban J connectivity index is 2.10. The predicted molar refractivity (Wildman–Crippen MR) is 68.0 cm³/mol. The first-order valence-corrected chi connectivity index (χ1v) is 6.49. The van der Waals surface area contributed by atoms with Crippen LogP contribution in [0.25, 0.3) is 0 Å². The molecule has 0 aromatic carbocycles. The monoisotopic (exact) mass is 268 g/mol. The van der Waals surface area contributed by atoms with E-state index in [9.17, 15) is 4.79 Å². The van der Waals surface area contributed by atoms with E-state index in [1.54, 1.807) is 11.5 Å². The molecule has 0 spiro atoms. The number of rotatable bonds is 4. The zero-order valence-corrected chi connectivity index (χ0v) is 11.6. The molecule has 0 radical (unpaired) electrons. The van der Waals surface area contributed by atoms with Gasteiger partial charge in [-0.3, -0.25) is 0 Å². The van der Waals surface area contributed by atoms with Crippen molar-refractivity contribution in [2.24, 2.45) is 0 Å². The second-order valence-corrected chi connectivity index (χ2v) is 4.66. The molecule has 7 heteroatoms. The third kappa shape index (κ3) is 3.30. The number of hydrogen-bond donors (Lipinski definition) is 0. The topological polar surface area (TPSA) is 69.5 Å². The number of likely N-dealkylation sites (N-methyl/N-ethyl adjacent to an activating group) is 1. The fourth-order valence-corrected chi connectivity index (χ4v) is 2.13. The van der Waals surface area contributed by atoms with Crippen molar-refractivity contribution in [3.05, 3.63) is 11.6 Å². The van der Waals surface area contributed by atoms with E-state index in [4.69, 9.17) is 9.47 Å². The summed E-state index contributed by atoms with van der Waals surface area (Å²) in [5.41, 5.74) is 0. The lowest BCUT2D eigenvalue weighted by Crippen LogP contribution is -2.42. The van der Waals surface area contributed by atoms with Gasteiger partial charge in [0.1, 0.15) is 5.82 Å². The highest BCUT2D eigenvalue weighted by Gasteiger charge is 2.23. The average Bonchev–Trinajstić information content (AvgIpc) is 2.72. The molecule has 0 bridgehead atoms. The van der Waals surface area contributed by atoms with E-state index in [0.29, 0.717) is 25.6 Å². The summed E-state index contributed by atoms with van der Waals surface area (Å²) in [5.74, 6) is 0.503. The quantitative estimate of drug-likeness (QED) is 0.721. The van der Waals surface area contributed by atoms with Crippen molar-refractivity contribution in [2.75, 3.05) is 33.4 Å². The number of aryl methyl sites for hydroxylation is 1. The Kier molecular flexibility index (Phi) is 4.49. The van der Waals surface area contributed by atoms with E-state index in [1.165, 1.54) is 0 Å². The standard InChI is InChI=1S/C12H20N4O3/c1-4-18-12(17)11-14-13-9(2)16(11)8-10-7-15(3)5-6-19-10/h10H,4-8H2,1-3H3. The number of hydrogen-bond acceptors (Lipinski definition) is 6. The minimum absolute atomic E-state index is 0.0432. The van der Waals surface area contributed by atoms with Gasteiger partial charge in [-0.1, -0.05) is 0 Å². The second kappa shape index (κ2) is 6.12. The Bertz CT molecular complexity index is 446. The van der Waals surface area contributed by atoms with Gasteiger partial charge in [-0.2, -0.15) is 0 Å². The Hall–Kier alpha value is -1.47. The van der Waals surface area contributed by atoms with E-state index in [-0.39, 0.29) is 11.9 Å². The van der Waals surface area contributed by atoms with Gasteiger partial charge in [-0.25, -0.2) is 4.79 Å². The minimum Gasteiger partial charge on any atom is -0.460 e. The van der Waals surface area contributed by atoms with Crippen LogP contribution in [0.15, 0.2) is 0 Å². The molecule has 1 aromatic heterocycles. The fraction of sp³-hybridized carbons (Fsp3) is 0.750. The smallest absolute Gasteiger partial charge is 0.376 e. The normalized spacial score (nSPS) is 20.5. The van der Waals surface area contributed by atoms with Crippen molar-refractivity contribution in [3.8, 4) is 0 Å². The molecule has 1 fully saturated rings. The number of ether oxygens (including phenoxy) is 2. The molecule has 7 nitrogen and oxygen atoms in total. The first kappa shape index (κ1) is 14.0. The van der Waals surface area contributed by atoms with Gasteiger partial charge in [0, 0.05) is 13.1 Å². The van der Waals surface area contributed by atoms with E-state index < -0.39 is 5.97 Å². The highest BCUT2D eigenvalue weighted by Crippen LogP contribution is 2.10. The minimum atomic E-state index is -0.438.